The molecule has 2 heterocycles. The van der Waals surface area contributed by atoms with E-state index >= 15 is 0 Å². The molecular formula is C14H18N4. The molecule has 4 heteroatoms. The first kappa shape index (κ1) is 11.3. The van der Waals surface area contributed by atoms with E-state index < -0.39 is 0 Å². The van der Waals surface area contributed by atoms with Crippen LogP contribution in [0.4, 0.5) is 5.82 Å². The summed E-state index contributed by atoms with van der Waals surface area (Å²) in [5.41, 5.74) is 7.77. The molecule has 3 rings (SSSR count). The summed E-state index contributed by atoms with van der Waals surface area (Å²) in [5, 5.41) is 4.44. The van der Waals surface area contributed by atoms with Gasteiger partial charge >= 0.3 is 0 Å². The molecule has 94 valence electrons. The minimum atomic E-state index is 0.553. The minimum Gasteiger partial charge on any atom is -0.384 e. The molecule has 0 unspecified atom stereocenters. The maximum absolute atomic E-state index is 5.59. The fourth-order valence-electron chi connectivity index (χ4n) is 2.65. The van der Waals surface area contributed by atoms with Crippen molar-refractivity contribution in [2.24, 2.45) is 5.92 Å². The van der Waals surface area contributed by atoms with E-state index in [1.165, 1.54) is 25.7 Å². The first-order valence-corrected chi connectivity index (χ1v) is 6.55. The average molecular weight is 242 g/mol. The molecule has 0 spiro atoms. The van der Waals surface area contributed by atoms with Crippen LogP contribution in [0.2, 0.25) is 0 Å². The van der Waals surface area contributed by atoms with E-state index in [2.05, 4.69) is 21.0 Å². The molecule has 0 bridgehead atoms. The summed E-state index contributed by atoms with van der Waals surface area (Å²) in [4.78, 5) is 4.11. The van der Waals surface area contributed by atoms with Crippen LogP contribution in [0, 0.1) is 5.92 Å². The van der Waals surface area contributed by atoms with Gasteiger partial charge in [0.15, 0.2) is 0 Å². The number of nitrogens with two attached hydrogens (primary N) is 1. The smallest absolute Gasteiger partial charge is 0.123 e. The predicted molar refractivity (Wildman–Crippen MR) is 71.8 cm³/mol. The van der Waals surface area contributed by atoms with Crippen LogP contribution in [-0.4, -0.2) is 14.8 Å². The second-order valence-electron chi connectivity index (χ2n) is 5.07. The number of nitrogens with zero attached hydrogens (tertiary/aromatic N) is 3. The van der Waals surface area contributed by atoms with Crippen LogP contribution in [0.1, 0.15) is 25.7 Å². The van der Waals surface area contributed by atoms with Crippen LogP contribution in [0.3, 0.4) is 0 Å². The minimum absolute atomic E-state index is 0.553. The van der Waals surface area contributed by atoms with E-state index in [4.69, 9.17) is 5.73 Å². The first-order chi connectivity index (χ1) is 8.81. The molecule has 4 nitrogen and oxygen atoms in total. The molecular weight excluding hydrogens is 224 g/mol. The quantitative estimate of drug-likeness (QED) is 0.900. The molecule has 2 aromatic rings. The van der Waals surface area contributed by atoms with Gasteiger partial charge in [-0.1, -0.05) is 12.8 Å². The summed E-state index contributed by atoms with van der Waals surface area (Å²) in [6.07, 6.45) is 11.2. The first-order valence-electron chi connectivity index (χ1n) is 6.55. The van der Waals surface area contributed by atoms with E-state index in [1.807, 2.05) is 18.3 Å². The number of hydrogen-bond acceptors (Lipinski definition) is 3. The van der Waals surface area contributed by atoms with Crippen molar-refractivity contribution < 1.29 is 0 Å². The van der Waals surface area contributed by atoms with Crippen molar-refractivity contribution in [3.8, 4) is 11.1 Å². The van der Waals surface area contributed by atoms with Crippen molar-refractivity contribution in [3.05, 3.63) is 30.7 Å². The third-order valence-electron chi connectivity index (χ3n) is 3.67. The van der Waals surface area contributed by atoms with Crippen LogP contribution < -0.4 is 5.73 Å². The van der Waals surface area contributed by atoms with E-state index in [1.54, 1.807) is 6.20 Å². The maximum Gasteiger partial charge on any atom is 0.123 e. The molecule has 2 N–H and O–H groups in total. The van der Waals surface area contributed by atoms with Gasteiger partial charge in [-0.25, -0.2) is 4.98 Å². The Labute approximate surface area is 107 Å². The van der Waals surface area contributed by atoms with Gasteiger partial charge in [-0.3, -0.25) is 4.68 Å². The zero-order chi connectivity index (χ0) is 12.4. The lowest BCUT2D eigenvalue weighted by molar-refractivity contribution is 0.429. The van der Waals surface area contributed by atoms with Crippen molar-refractivity contribution in [1.29, 1.82) is 0 Å². The molecule has 1 fully saturated rings. The third-order valence-corrected chi connectivity index (χ3v) is 3.67. The predicted octanol–water partition coefficient (Wildman–Crippen LogP) is 2.72. The van der Waals surface area contributed by atoms with Gasteiger partial charge < -0.3 is 5.73 Å². The molecule has 1 aliphatic rings. The van der Waals surface area contributed by atoms with Crippen molar-refractivity contribution >= 4 is 5.82 Å². The van der Waals surface area contributed by atoms with Gasteiger partial charge in [0.2, 0.25) is 0 Å². The molecule has 0 amide bonds. The highest BCUT2D eigenvalue weighted by Crippen LogP contribution is 2.26. The molecule has 18 heavy (non-hydrogen) atoms. The van der Waals surface area contributed by atoms with Gasteiger partial charge in [-0.15, -0.1) is 0 Å². The standard InChI is InChI=1S/C14H18N4/c15-14-6-5-12(7-16-14)13-8-17-18(10-13)9-11-3-1-2-4-11/h5-8,10-11H,1-4,9H2,(H2,15,16). The summed E-state index contributed by atoms with van der Waals surface area (Å²) in [6, 6.07) is 3.81. The number of aromatic nitrogens is 3. The van der Waals surface area contributed by atoms with Gasteiger partial charge in [-0.05, 0) is 30.9 Å². The molecule has 0 aromatic carbocycles. The van der Waals surface area contributed by atoms with Crippen LogP contribution in [0.5, 0.6) is 0 Å². The Bertz CT molecular complexity index is 509. The van der Waals surface area contributed by atoms with Crippen molar-refractivity contribution in [2.75, 3.05) is 5.73 Å². The summed E-state index contributed by atoms with van der Waals surface area (Å²) in [5.74, 6) is 1.36. The maximum atomic E-state index is 5.59. The Balaban J connectivity index is 1.74. The molecule has 0 radical (unpaired) electrons. The fraction of sp³-hybridized carbons (Fsp3) is 0.429. The molecule has 1 aliphatic carbocycles. The topological polar surface area (TPSA) is 56.7 Å². The number of anilines is 1. The van der Waals surface area contributed by atoms with Crippen molar-refractivity contribution in [1.82, 2.24) is 14.8 Å². The highest BCUT2D eigenvalue weighted by atomic mass is 15.3. The Morgan fingerprint density at radius 2 is 2.00 bits per heavy atom. The molecule has 0 atom stereocenters. The Kier molecular flexibility index (Phi) is 3.00. The largest absolute Gasteiger partial charge is 0.384 e. The van der Waals surface area contributed by atoms with Gasteiger partial charge in [0.25, 0.3) is 0 Å². The van der Waals surface area contributed by atoms with E-state index in [-0.39, 0.29) is 0 Å². The second-order valence-corrected chi connectivity index (χ2v) is 5.07. The molecule has 0 saturated heterocycles. The zero-order valence-corrected chi connectivity index (χ0v) is 10.4. The zero-order valence-electron chi connectivity index (χ0n) is 10.4. The van der Waals surface area contributed by atoms with Crippen molar-refractivity contribution in [3.63, 3.8) is 0 Å². The number of nitrogen functional groups attached to an aromatic ring is 1. The summed E-state index contributed by atoms with van der Waals surface area (Å²) >= 11 is 0. The SMILES string of the molecule is Nc1ccc(-c2cnn(CC3CCCC3)c2)cn1. The highest BCUT2D eigenvalue weighted by molar-refractivity contribution is 5.61. The van der Waals surface area contributed by atoms with Crippen molar-refractivity contribution in [2.45, 2.75) is 32.2 Å². The Morgan fingerprint density at radius 3 is 2.72 bits per heavy atom. The van der Waals surface area contributed by atoms with Crippen LogP contribution in [-0.2, 0) is 6.54 Å². The van der Waals surface area contributed by atoms with E-state index in [9.17, 15) is 0 Å². The van der Waals surface area contributed by atoms with Crippen LogP contribution >= 0.6 is 0 Å². The molecule has 1 saturated carbocycles. The van der Waals surface area contributed by atoms with Gasteiger partial charge in [0, 0.05) is 30.1 Å². The third kappa shape index (κ3) is 2.37. The summed E-state index contributed by atoms with van der Waals surface area (Å²) < 4.78 is 2.06. The van der Waals surface area contributed by atoms with Crippen LogP contribution in [0.15, 0.2) is 30.7 Å². The lowest BCUT2D eigenvalue weighted by Gasteiger charge is -2.07. The highest BCUT2D eigenvalue weighted by Gasteiger charge is 2.15. The lowest BCUT2D eigenvalue weighted by atomic mass is 10.1. The fourth-order valence-corrected chi connectivity index (χ4v) is 2.65. The number of hydrogen-bond donors (Lipinski definition) is 1. The lowest BCUT2D eigenvalue weighted by Crippen LogP contribution is -2.07. The van der Waals surface area contributed by atoms with E-state index in [0.717, 1.165) is 23.6 Å². The van der Waals surface area contributed by atoms with Gasteiger partial charge in [0.05, 0.1) is 6.20 Å². The normalized spacial score (nSPS) is 16.2. The van der Waals surface area contributed by atoms with Crippen LogP contribution in [0.25, 0.3) is 11.1 Å². The molecule has 0 aliphatic heterocycles. The monoisotopic (exact) mass is 242 g/mol. The Morgan fingerprint density at radius 1 is 1.17 bits per heavy atom. The van der Waals surface area contributed by atoms with Gasteiger partial charge in [0.1, 0.15) is 5.82 Å². The van der Waals surface area contributed by atoms with Gasteiger partial charge in [-0.2, -0.15) is 5.10 Å². The average Bonchev–Trinajstić information content (AvgIpc) is 3.02. The Hall–Kier alpha value is -1.84. The van der Waals surface area contributed by atoms with E-state index in [0.29, 0.717) is 5.82 Å². The summed E-state index contributed by atoms with van der Waals surface area (Å²) in [6.45, 7) is 1.04. The second kappa shape index (κ2) is 4.80. The number of pyridine rings is 1. The number of rotatable bonds is 3. The summed E-state index contributed by atoms with van der Waals surface area (Å²) in [7, 11) is 0. The molecule has 2 aromatic heterocycles.